The Bertz CT molecular complexity index is 533. The quantitative estimate of drug-likeness (QED) is 0.872. The van der Waals surface area contributed by atoms with E-state index in [0.29, 0.717) is 6.04 Å². The van der Waals surface area contributed by atoms with E-state index in [2.05, 4.69) is 28.3 Å². The molecule has 0 saturated heterocycles. The standard InChI is InChI=1S/C15H19N3/c1-11-6-2-4-8-13(11)18-15-12-7-3-5-9-14(12)16-10-17-15/h3,5,7,9-11,13H,2,4,6,8H2,1H3,(H,16,17,18). The summed E-state index contributed by atoms with van der Waals surface area (Å²) in [5.74, 6) is 1.71. The minimum Gasteiger partial charge on any atom is -0.366 e. The molecule has 2 unspecified atom stereocenters. The highest BCUT2D eigenvalue weighted by Gasteiger charge is 2.21. The Labute approximate surface area is 108 Å². The lowest BCUT2D eigenvalue weighted by Gasteiger charge is -2.30. The van der Waals surface area contributed by atoms with Gasteiger partial charge in [0.05, 0.1) is 5.52 Å². The van der Waals surface area contributed by atoms with E-state index >= 15 is 0 Å². The van der Waals surface area contributed by atoms with Crippen LogP contribution in [-0.4, -0.2) is 16.0 Å². The van der Waals surface area contributed by atoms with Gasteiger partial charge < -0.3 is 5.32 Å². The Hall–Kier alpha value is -1.64. The van der Waals surface area contributed by atoms with Gasteiger partial charge in [0.25, 0.3) is 0 Å². The van der Waals surface area contributed by atoms with Crippen molar-refractivity contribution in [3.05, 3.63) is 30.6 Å². The minimum atomic E-state index is 0.553. The average Bonchev–Trinajstić information content (AvgIpc) is 2.42. The third-order valence-electron chi connectivity index (χ3n) is 3.98. The lowest BCUT2D eigenvalue weighted by molar-refractivity contribution is 0.349. The average molecular weight is 241 g/mol. The van der Waals surface area contributed by atoms with Crippen molar-refractivity contribution in [2.45, 2.75) is 38.6 Å². The lowest BCUT2D eigenvalue weighted by Crippen LogP contribution is -2.30. The van der Waals surface area contributed by atoms with Crippen molar-refractivity contribution in [1.82, 2.24) is 9.97 Å². The first kappa shape index (κ1) is 11.5. The highest BCUT2D eigenvalue weighted by atomic mass is 15.0. The van der Waals surface area contributed by atoms with Crippen LogP contribution in [0.15, 0.2) is 30.6 Å². The number of nitrogens with zero attached hydrogens (tertiary/aromatic N) is 2. The molecule has 1 aliphatic rings. The van der Waals surface area contributed by atoms with Crippen molar-refractivity contribution in [3.8, 4) is 0 Å². The number of fused-ring (bicyclic) bond motifs is 1. The number of hydrogen-bond acceptors (Lipinski definition) is 3. The Morgan fingerprint density at radius 2 is 1.94 bits per heavy atom. The molecule has 0 bridgehead atoms. The first-order valence-electron chi connectivity index (χ1n) is 6.81. The van der Waals surface area contributed by atoms with E-state index in [0.717, 1.165) is 22.6 Å². The zero-order valence-electron chi connectivity index (χ0n) is 10.8. The van der Waals surface area contributed by atoms with Crippen molar-refractivity contribution in [2.24, 2.45) is 5.92 Å². The fraction of sp³-hybridized carbons (Fsp3) is 0.467. The molecule has 3 nitrogen and oxygen atoms in total. The van der Waals surface area contributed by atoms with Crippen LogP contribution in [0.2, 0.25) is 0 Å². The molecule has 94 valence electrons. The number of anilines is 1. The van der Waals surface area contributed by atoms with Crippen molar-refractivity contribution >= 4 is 16.7 Å². The molecule has 2 atom stereocenters. The molecule has 0 radical (unpaired) electrons. The minimum absolute atomic E-state index is 0.553. The molecule has 0 spiro atoms. The number of rotatable bonds is 2. The van der Waals surface area contributed by atoms with Crippen molar-refractivity contribution in [1.29, 1.82) is 0 Å². The molecule has 1 fully saturated rings. The maximum absolute atomic E-state index is 4.41. The number of para-hydroxylation sites is 1. The topological polar surface area (TPSA) is 37.8 Å². The van der Waals surface area contributed by atoms with Crippen LogP contribution in [-0.2, 0) is 0 Å². The van der Waals surface area contributed by atoms with Gasteiger partial charge in [-0.05, 0) is 30.9 Å². The molecule has 2 aromatic rings. The molecule has 3 rings (SSSR count). The van der Waals surface area contributed by atoms with Gasteiger partial charge in [-0.15, -0.1) is 0 Å². The Morgan fingerprint density at radius 1 is 1.11 bits per heavy atom. The van der Waals surface area contributed by atoms with Gasteiger partial charge >= 0.3 is 0 Å². The number of benzene rings is 1. The molecular weight excluding hydrogens is 222 g/mol. The zero-order chi connectivity index (χ0) is 12.4. The second kappa shape index (κ2) is 4.92. The van der Waals surface area contributed by atoms with Crippen molar-refractivity contribution < 1.29 is 0 Å². The maximum Gasteiger partial charge on any atom is 0.137 e. The highest BCUT2D eigenvalue weighted by molar-refractivity contribution is 5.88. The van der Waals surface area contributed by atoms with E-state index in [1.807, 2.05) is 18.2 Å². The van der Waals surface area contributed by atoms with Crippen LogP contribution in [0.3, 0.4) is 0 Å². The Balaban J connectivity index is 1.90. The summed E-state index contributed by atoms with van der Waals surface area (Å²) < 4.78 is 0. The van der Waals surface area contributed by atoms with Crippen LogP contribution in [0.25, 0.3) is 10.9 Å². The Morgan fingerprint density at radius 3 is 2.83 bits per heavy atom. The molecule has 1 saturated carbocycles. The molecule has 0 amide bonds. The Kier molecular flexibility index (Phi) is 3.13. The van der Waals surface area contributed by atoms with E-state index in [1.54, 1.807) is 6.33 Å². The van der Waals surface area contributed by atoms with Gasteiger partial charge in [-0.3, -0.25) is 0 Å². The van der Waals surface area contributed by atoms with Gasteiger partial charge in [-0.25, -0.2) is 9.97 Å². The van der Waals surface area contributed by atoms with E-state index in [1.165, 1.54) is 25.7 Å². The molecule has 1 aliphatic carbocycles. The van der Waals surface area contributed by atoms with E-state index in [-0.39, 0.29) is 0 Å². The van der Waals surface area contributed by atoms with Crippen LogP contribution < -0.4 is 5.32 Å². The van der Waals surface area contributed by atoms with Crippen LogP contribution in [0, 0.1) is 5.92 Å². The number of nitrogens with one attached hydrogen (secondary N) is 1. The normalized spacial score (nSPS) is 24.1. The first-order chi connectivity index (χ1) is 8.84. The van der Waals surface area contributed by atoms with Crippen LogP contribution >= 0.6 is 0 Å². The summed E-state index contributed by atoms with van der Waals surface area (Å²) in [6.07, 6.45) is 6.91. The summed E-state index contributed by atoms with van der Waals surface area (Å²) in [5.41, 5.74) is 1.01. The summed E-state index contributed by atoms with van der Waals surface area (Å²) in [4.78, 5) is 8.72. The first-order valence-corrected chi connectivity index (χ1v) is 6.81. The molecule has 1 aromatic carbocycles. The van der Waals surface area contributed by atoms with Crippen molar-refractivity contribution in [2.75, 3.05) is 5.32 Å². The van der Waals surface area contributed by atoms with Gasteiger partial charge in [-0.1, -0.05) is 31.9 Å². The summed E-state index contributed by atoms with van der Waals surface area (Å²) in [7, 11) is 0. The van der Waals surface area contributed by atoms with E-state index in [9.17, 15) is 0 Å². The fourth-order valence-corrected chi connectivity index (χ4v) is 2.83. The highest BCUT2D eigenvalue weighted by Crippen LogP contribution is 2.28. The number of aromatic nitrogens is 2. The molecule has 18 heavy (non-hydrogen) atoms. The lowest BCUT2D eigenvalue weighted by atomic mass is 9.86. The third-order valence-corrected chi connectivity index (χ3v) is 3.98. The largest absolute Gasteiger partial charge is 0.366 e. The maximum atomic E-state index is 4.41. The van der Waals surface area contributed by atoms with Gasteiger partial charge in [0, 0.05) is 11.4 Å². The van der Waals surface area contributed by atoms with E-state index in [4.69, 9.17) is 0 Å². The third kappa shape index (κ3) is 2.17. The molecule has 0 aliphatic heterocycles. The van der Waals surface area contributed by atoms with Gasteiger partial charge in [0.15, 0.2) is 0 Å². The molecule has 1 heterocycles. The second-order valence-corrected chi connectivity index (χ2v) is 5.25. The summed E-state index contributed by atoms with van der Waals surface area (Å²) >= 11 is 0. The monoisotopic (exact) mass is 241 g/mol. The van der Waals surface area contributed by atoms with Crippen LogP contribution in [0.5, 0.6) is 0 Å². The van der Waals surface area contributed by atoms with Gasteiger partial charge in [-0.2, -0.15) is 0 Å². The van der Waals surface area contributed by atoms with Gasteiger partial charge in [0.2, 0.25) is 0 Å². The SMILES string of the molecule is CC1CCCCC1Nc1ncnc2ccccc12. The molecular formula is C15H19N3. The predicted octanol–water partition coefficient (Wildman–Crippen LogP) is 3.62. The molecule has 1 aromatic heterocycles. The fourth-order valence-electron chi connectivity index (χ4n) is 2.83. The smallest absolute Gasteiger partial charge is 0.137 e. The summed E-state index contributed by atoms with van der Waals surface area (Å²) in [6.45, 7) is 2.33. The molecule has 1 N–H and O–H groups in total. The van der Waals surface area contributed by atoms with Gasteiger partial charge in [0.1, 0.15) is 12.1 Å². The second-order valence-electron chi connectivity index (χ2n) is 5.25. The predicted molar refractivity (Wildman–Crippen MR) is 74.6 cm³/mol. The van der Waals surface area contributed by atoms with E-state index < -0.39 is 0 Å². The van der Waals surface area contributed by atoms with Crippen LogP contribution in [0.4, 0.5) is 5.82 Å². The summed E-state index contributed by atoms with van der Waals surface area (Å²) in [5, 5.41) is 4.75. The summed E-state index contributed by atoms with van der Waals surface area (Å²) in [6, 6.07) is 8.73. The molecule has 3 heteroatoms. The van der Waals surface area contributed by atoms with Crippen LogP contribution in [0.1, 0.15) is 32.6 Å². The zero-order valence-corrected chi connectivity index (χ0v) is 10.8. The number of hydrogen-bond donors (Lipinski definition) is 1. The van der Waals surface area contributed by atoms with Crippen molar-refractivity contribution in [3.63, 3.8) is 0 Å².